The molecule has 1 aliphatic carbocycles. The van der Waals surface area contributed by atoms with Crippen LogP contribution in [0, 0.1) is 11.3 Å². The Balaban J connectivity index is 2.15. The van der Waals surface area contributed by atoms with E-state index in [-0.39, 0.29) is 0 Å². The van der Waals surface area contributed by atoms with Gasteiger partial charge in [-0.15, -0.1) is 0 Å². The molecule has 0 atom stereocenters. The molecule has 0 radical (unpaired) electrons. The summed E-state index contributed by atoms with van der Waals surface area (Å²) in [6.07, 6.45) is 10.1. The summed E-state index contributed by atoms with van der Waals surface area (Å²) in [6.45, 7) is 9.34. The maximum atomic E-state index is 3.65. The molecule has 0 amide bonds. The first kappa shape index (κ1) is 13.0. The minimum Gasteiger partial charge on any atom is -0.316 e. The van der Waals surface area contributed by atoms with Crippen molar-refractivity contribution in [1.29, 1.82) is 0 Å². The number of nitrogens with one attached hydrogen (secondary N) is 1. The molecule has 90 valence electrons. The molecular weight excluding hydrogens is 182 g/mol. The molecule has 1 fully saturated rings. The zero-order valence-corrected chi connectivity index (χ0v) is 10.9. The average Bonchev–Trinajstić information content (AvgIpc) is 2.12. The van der Waals surface area contributed by atoms with E-state index in [2.05, 4.69) is 26.1 Å². The summed E-state index contributed by atoms with van der Waals surface area (Å²) in [7, 11) is 0. The van der Waals surface area contributed by atoms with Crippen molar-refractivity contribution in [1.82, 2.24) is 5.32 Å². The lowest BCUT2D eigenvalue weighted by Crippen LogP contribution is -2.41. The van der Waals surface area contributed by atoms with Gasteiger partial charge in [-0.3, -0.25) is 0 Å². The predicted molar refractivity (Wildman–Crippen MR) is 68.1 cm³/mol. The fraction of sp³-hybridized carbons (Fsp3) is 1.00. The maximum Gasteiger partial charge on any atom is 0.000792 e. The second-order valence-corrected chi connectivity index (χ2v) is 5.84. The summed E-state index contributed by atoms with van der Waals surface area (Å²) in [4.78, 5) is 0. The molecule has 1 aliphatic rings. The monoisotopic (exact) mass is 211 g/mol. The quantitative estimate of drug-likeness (QED) is 0.599. The summed E-state index contributed by atoms with van der Waals surface area (Å²) in [5.41, 5.74) is 0.698. The second kappa shape index (κ2) is 6.52. The van der Waals surface area contributed by atoms with Crippen molar-refractivity contribution in [2.45, 2.75) is 65.7 Å². The van der Waals surface area contributed by atoms with Gasteiger partial charge >= 0.3 is 0 Å². The molecule has 0 aliphatic heterocycles. The normalized spacial score (nSPS) is 19.2. The lowest BCUT2D eigenvalue weighted by Gasteiger charge is -2.42. The van der Waals surface area contributed by atoms with Crippen LogP contribution in [0.4, 0.5) is 0 Å². The molecule has 1 nitrogen and oxygen atoms in total. The van der Waals surface area contributed by atoms with Gasteiger partial charge in [0.25, 0.3) is 0 Å². The highest BCUT2D eigenvalue weighted by molar-refractivity contribution is 4.89. The molecule has 0 aromatic heterocycles. The standard InChI is InChI=1S/C14H29N/c1-4-5-6-8-14(9-7-10-14)12-15-11-13(2)3/h13,15H,4-12H2,1-3H3. The van der Waals surface area contributed by atoms with Crippen molar-refractivity contribution in [3.05, 3.63) is 0 Å². The SMILES string of the molecule is CCCCCC1(CNCC(C)C)CCC1. The van der Waals surface area contributed by atoms with Gasteiger partial charge in [0, 0.05) is 6.54 Å². The molecule has 0 bridgehead atoms. The van der Waals surface area contributed by atoms with E-state index in [1.807, 2.05) is 0 Å². The molecule has 0 aromatic carbocycles. The van der Waals surface area contributed by atoms with Gasteiger partial charge in [-0.2, -0.15) is 0 Å². The lowest BCUT2D eigenvalue weighted by molar-refractivity contribution is 0.111. The van der Waals surface area contributed by atoms with Crippen LogP contribution in [0.15, 0.2) is 0 Å². The highest BCUT2D eigenvalue weighted by atomic mass is 14.9. The van der Waals surface area contributed by atoms with Crippen LogP contribution in [0.1, 0.15) is 65.7 Å². The minimum atomic E-state index is 0.698. The third-order valence-corrected chi connectivity index (χ3v) is 3.78. The number of rotatable bonds is 8. The fourth-order valence-electron chi connectivity index (χ4n) is 2.57. The van der Waals surface area contributed by atoms with E-state index in [1.165, 1.54) is 58.0 Å². The van der Waals surface area contributed by atoms with E-state index >= 15 is 0 Å². The Hall–Kier alpha value is -0.0400. The van der Waals surface area contributed by atoms with Crippen molar-refractivity contribution in [3.8, 4) is 0 Å². The van der Waals surface area contributed by atoms with Crippen LogP contribution >= 0.6 is 0 Å². The first-order chi connectivity index (χ1) is 7.18. The van der Waals surface area contributed by atoms with Gasteiger partial charge < -0.3 is 5.32 Å². The molecule has 0 aromatic rings. The third-order valence-electron chi connectivity index (χ3n) is 3.78. The van der Waals surface area contributed by atoms with Crippen LogP contribution in [-0.4, -0.2) is 13.1 Å². The maximum absolute atomic E-state index is 3.65. The van der Waals surface area contributed by atoms with Crippen molar-refractivity contribution < 1.29 is 0 Å². The van der Waals surface area contributed by atoms with Crippen LogP contribution in [-0.2, 0) is 0 Å². The number of unbranched alkanes of at least 4 members (excludes halogenated alkanes) is 2. The predicted octanol–water partition coefficient (Wildman–Crippen LogP) is 3.98. The van der Waals surface area contributed by atoms with Gasteiger partial charge in [-0.25, -0.2) is 0 Å². The van der Waals surface area contributed by atoms with E-state index in [0.29, 0.717) is 5.41 Å². The number of hydrogen-bond acceptors (Lipinski definition) is 1. The molecule has 1 N–H and O–H groups in total. The Morgan fingerprint density at radius 2 is 1.93 bits per heavy atom. The van der Waals surface area contributed by atoms with E-state index in [1.54, 1.807) is 0 Å². The topological polar surface area (TPSA) is 12.0 Å². The van der Waals surface area contributed by atoms with Gasteiger partial charge in [0.1, 0.15) is 0 Å². The number of hydrogen-bond donors (Lipinski definition) is 1. The smallest absolute Gasteiger partial charge is 0.000792 e. The van der Waals surface area contributed by atoms with Crippen LogP contribution < -0.4 is 5.32 Å². The Kier molecular flexibility index (Phi) is 5.66. The fourth-order valence-corrected chi connectivity index (χ4v) is 2.57. The molecule has 0 saturated heterocycles. The molecule has 0 heterocycles. The van der Waals surface area contributed by atoms with Gasteiger partial charge in [0.05, 0.1) is 0 Å². The van der Waals surface area contributed by atoms with Crippen molar-refractivity contribution >= 4 is 0 Å². The summed E-state index contributed by atoms with van der Waals surface area (Å²) in [5, 5.41) is 3.65. The Morgan fingerprint density at radius 3 is 2.40 bits per heavy atom. The van der Waals surface area contributed by atoms with Crippen LogP contribution in [0.2, 0.25) is 0 Å². The minimum absolute atomic E-state index is 0.698. The molecular formula is C14H29N. The highest BCUT2D eigenvalue weighted by Crippen LogP contribution is 2.44. The first-order valence-electron chi connectivity index (χ1n) is 6.89. The van der Waals surface area contributed by atoms with Gasteiger partial charge in [-0.05, 0) is 37.1 Å². The van der Waals surface area contributed by atoms with E-state index < -0.39 is 0 Å². The lowest BCUT2D eigenvalue weighted by atomic mass is 9.66. The van der Waals surface area contributed by atoms with Gasteiger partial charge in [0.15, 0.2) is 0 Å². The molecule has 1 rings (SSSR count). The third kappa shape index (κ3) is 4.55. The van der Waals surface area contributed by atoms with E-state index in [9.17, 15) is 0 Å². The average molecular weight is 211 g/mol. The van der Waals surface area contributed by atoms with Crippen LogP contribution in [0.3, 0.4) is 0 Å². The molecule has 15 heavy (non-hydrogen) atoms. The Morgan fingerprint density at radius 1 is 1.20 bits per heavy atom. The van der Waals surface area contributed by atoms with Gasteiger partial charge in [-0.1, -0.05) is 46.5 Å². The molecule has 0 spiro atoms. The van der Waals surface area contributed by atoms with Gasteiger partial charge in [0.2, 0.25) is 0 Å². The largest absolute Gasteiger partial charge is 0.316 e. The van der Waals surface area contributed by atoms with Crippen LogP contribution in [0.25, 0.3) is 0 Å². The summed E-state index contributed by atoms with van der Waals surface area (Å²) < 4.78 is 0. The van der Waals surface area contributed by atoms with Crippen molar-refractivity contribution in [3.63, 3.8) is 0 Å². The zero-order valence-electron chi connectivity index (χ0n) is 10.9. The summed E-state index contributed by atoms with van der Waals surface area (Å²) >= 11 is 0. The van der Waals surface area contributed by atoms with Crippen molar-refractivity contribution in [2.24, 2.45) is 11.3 Å². The first-order valence-corrected chi connectivity index (χ1v) is 6.89. The molecule has 0 unspecified atom stereocenters. The molecule has 1 heteroatoms. The molecule has 1 saturated carbocycles. The second-order valence-electron chi connectivity index (χ2n) is 5.84. The Bertz CT molecular complexity index is 159. The van der Waals surface area contributed by atoms with E-state index in [0.717, 1.165) is 5.92 Å². The Labute approximate surface area is 96.0 Å². The highest BCUT2D eigenvalue weighted by Gasteiger charge is 2.35. The zero-order chi connectivity index (χ0) is 11.1. The summed E-state index contributed by atoms with van der Waals surface area (Å²) in [5.74, 6) is 0.790. The van der Waals surface area contributed by atoms with Crippen molar-refractivity contribution in [2.75, 3.05) is 13.1 Å². The summed E-state index contributed by atoms with van der Waals surface area (Å²) in [6, 6.07) is 0. The van der Waals surface area contributed by atoms with E-state index in [4.69, 9.17) is 0 Å². The van der Waals surface area contributed by atoms with Crippen LogP contribution in [0.5, 0.6) is 0 Å².